The summed E-state index contributed by atoms with van der Waals surface area (Å²) >= 11 is 0. The van der Waals surface area contributed by atoms with Crippen LogP contribution in [-0.2, 0) is 28.6 Å². The molecule has 6 nitrogen and oxygen atoms in total. The van der Waals surface area contributed by atoms with E-state index in [9.17, 15) is 14.4 Å². The van der Waals surface area contributed by atoms with Crippen LogP contribution in [0.3, 0.4) is 0 Å². The molecule has 0 aromatic heterocycles. The molecule has 0 N–H and O–H groups in total. The molecule has 0 bridgehead atoms. The molecule has 0 aliphatic heterocycles. The quantitative estimate of drug-likeness (QED) is 0.0262. The summed E-state index contributed by atoms with van der Waals surface area (Å²) in [5.41, 5.74) is 0. The Hall–Kier alpha value is -3.67. The summed E-state index contributed by atoms with van der Waals surface area (Å²) in [4.78, 5) is 38.2. The van der Waals surface area contributed by atoms with Gasteiger partial charge in [0.05, 0.1) is 0 Å². The van der Waals surface area contributed by atoms with E-state index in [1.54, 1.807) is 0 Å². The topological polar surface area (TPSA) is 78.9 Å². The van der Waals surface area contributed by atoms with E-state index < -0.39 is 6.10 Å². The zero-order valence-electron chi connectivity index (χ0n) is 45.8. The van der Waals surface area contributed by atoms with Gasteiger partial charge in [-0.25, -0.2) is 0 Å². The van der Waals surface area contributed by atoms with Crippen LogP contribution in [0.15, 0.2) is 97.2 Å². The average molecular weight is 974 g/mol. The summed E-state index contributed by atoms with van der Waals surface area (Å²) in [6, 6.07) is 0. The molecular formula is C64H108O6. The maximum atomic E-state index is 12.9. The SMILES string of the molecule is CC/C=C\C/C=C\C/C=C\C/C=C\C/C=C\C/C=C\CCCCC(=O)OCC(COC(=O)CCCCCCC/C=C\C/C=C\CCCCC)OC(=O)CCCCCCCCCCCCCCCCCC. The number of unbranched alkanes of at least 4 members (excludes halogenated alkanes) is 25. The Kier molecular flexibility index (Phi) is 54.9. The highest BCUT2D eigenvalue weighted by molar-refractivity contribution is 5.71. The van der Waals surface area contributed by atoms with Gasteiger partial charge in [-0.2, -0.15) is 0 Å². The van der Waals surface area contributed by atoms with Gasteiger partial charge in [0, 0.05) is 19.3 Å². The molecule has 0 amide bonds. The Bertz CT molecular complexity index is 1400. The van der Waals surface area contributed by atoms with Gasteiger partial charge in [0.2, 0.25) is 0 Å². The Balaban J connectivity index is 4.47. The van der Waals surface area contributed by atoms with Gasteiger partial charge < -0.3 is 14.2 Å². The van der Waals surface area contributed by atoms with Crippen molar-refractivity contribution in [1.29, 1.82) is 0 Å². The third-order valence-corrected chi connectivity index (χ3v) is 12.3. The third kappa shape index (κ3) is 55.3. The highest BCUT2D eigenvalue weighted by Gasteiger charge is 2.19. The smallest absolute Gasteiger partial charge is 0.306 e. The van der Waals surface area contributed by atoms with E-state index in [1.807, 2.05) is 0 Å². The molecule has 0 rings (SSSR count). The van der Waals surface area contributed by atoms with Crippen LogP contribution in [0.2, 0.25) is 0 Å². The average Bonchev–Trinajstić information content (AvgIpc) is 3.36. The minimum absolute atomic E-state index is 0.0975. The van der Waals surface area contributed by atoms with Gasteiger partial charge >= 0.3 is 17.9 Å². The van der Waals surface area contributed by atoms with Crippen molar-refractivity contribution in [2.75, 3.05) is 13.2 Å². The van der Waals surface area contributed by atoms with Crippen LogP contribution >= 0.6 is 0 Å². The van der Waals surface area contributed by atoms with Crippen LogP contribution in [-0.4, -0.2) is 37.2 Å². The molecule has 6 heteroatoms. The highest BCUT2D eigenvalue weighted by atomic mass is 16.6. The second-order valence-electron chi connectivity index (χ2n) is 19.2. The summed E-state index contributed by atoms with van der Waals surface area (Å²) in [5, 5.41) is 0. The summed E-state index contributed by atoms with van der Waals surface area (Å²) in [6.07, 6.45) is 76.8. The van der Waals surface area contributed by atoms with Crippen LogP contribution in [0, 0.1) is 0 Å². The monoisotopic (exact) mass is 973 g/mol. The molecule has 0 fully saturated rings. The maximum absolute atomic E-state index is 12.9. The molecule has 1 atom stereocenters. The minimum Gasteiger partial charge on any atom is -0.462 e. The predicted molar refractivity (Wildman–Crippen MR) is 302 cm³/mol. The lowest BCUT2D eigenvalue weighted by molar-refractivity contribution is -0.167. The van der Waals surface area contributed by atoms with Crippen LogP contribution < -0.4 is 0 Å². The lowest BCUT2D eigenvalue weighted by atomic mass is 10.0. The minimum atomic E-state index is -0.801. The number of carbonyl (C=O) groups is 3. The van der Waals surface area contributed by atoms with Crippen molar-refractivity contribution in [3.63, 3.8) is 0 Å². The molecule has 0 saturated carbocycles. The number of rotatable bonds is 52. The van der Waals surface area contributed by atoms with E-state index in [0.29, 0.717) is 19.3 Å². The third-order valence-electron chi connectivity index (χ3n) is 12.3. The predicted octanol–water partition coefficient (Wildman–Crippen LogP) is 19.7. The highest BCUT2D eigenvalue weighted by Crippen LogP contribution is 2.15. The van der Waals surface area contributed by atoms with Gasteiger partial charge in [0.1, 0.15) is 13.2 Å². The van der Waals surface area contributed by atoms with Crippen LogP contribution in [0.1, 0.15) is 271 Å². The lowest BCUT2D eigenvalue weighted by Gasteiger charge is -2.18. The molecule has 0 aliphatic carbocycles. The molecule has 400 valence electrons. The van der Waals surface area contributed by atoms with Gasteiger partial charge in [-0.1, -0.05) is 246 Å². The molecule has 0 radical (unpaired) electrons. The summed E-state index contributed by atoms with van der Waals surface area (Å²) in [5.74, 6) is -0.948. The largest absolute Gasteiger partial charge is 0.462 e. The van der Waals surface area contributed by atoms with E-state index in [-0.39, 0.29) is 31.1 Å². The molecule has 0 heterocycles. The molecule has 0 spiro atoms. The van der Waals surface area contributed by atoms with Gasteiger partial charge in [-0.3, -0.25) is 14.4 Å². The van der Waals surface area contributed by atoms with E-state index >= 15 is 0 Å². The fourth-order valence-electron chi connectivity index (χ4n) is 7.95. The van der Waals surface area contributed by atoms with Crippen molar-refractivity contribution in [3.05, 3.63) is 97.2 Å². The zero-order chi connectivity index (χ0) is 50.7. The number of carbonyl (C=O) groups excluding carboxylic acids is 3. The number of hydrogen-bond acceptors (Lipinski definition) is 6. The zero-order valence-corrected chi connectivity index (χ0v) is 45.8. The number of ether oxygens (including phenoxy) is 3. The summed E-state index contributed by atoms with van der Waals surface area (Å²) < 4.78 is 16.8. The van der Waals surface area contributed by atoms with Crippen molar-refractivity contribution in [1.82, 2.24) is 0 Å². The van der Waals surface area contributed by atoms with Crippen molar-refractivity contribution in [2.24, 2.45) is 0 Å². The van der Waals surface area contributed by atoms with E-state index in [1.165, 1.54) is 109 Å². The van der Waals surface area contributed by atoms with Crippen LogP contribution in [0.4, 0.5) is 0 Å². The van der Waals surface area contributed by atoms with Crippen molar-refractivity contribution >= 4 is 17.9 Å². The summed E-state index contributed by atoms with van der Waals surface area (Å²) in [7, 11) is 0. The van der Waals surface area contributed by atoms with E-state index in [0.717, 1.165) is 122 Å². The summed E-state index contributed by atoms with van der Waals surface area (Å²) in [6.45, 7) is 6.47. The van der Waals surface area contributed by atoms with Gasteiger partial charge in [0.15, 0.2) is 6.10 Å². The maximum Gasteiger partial charge on any atom is 0.306 e. The fourth-order valence-corrected chi connectivity index (χ4v) is 7.95. The van der Waals surface area contributed by atoms with Gasteiger partial charge in [-0.15, -0.1) is 0 Å². The molecule has 0 saturated heterocycles. The first-order chi connectivity index (χ1) is 34.5. The Morgan fingerprint density at radius 1 is 0.300 bits per heavy atom. The molecule has 0 aromatic carbocycles. The standard InChI is InChI=1S/C64H108O6/c1-4-7-10-13-16-19-22-25-28-30-31-32-33-34-37-39-42-45-48-51-54-57-63(66)69-60-61(59-68-62(65)56-53-50-47-44-41-38-35-27-24-21-18-15-12-9-6-3)70-64(67)58-55-52-49-46-43-40-36-29-26-23-20-17-14-11-8-5-2/h7,10,16,18-19,21,25,27-28,31-32,34-35,37,42,45,61H,4-6,8-9,11-15,17,20,22-24,26,29-30,33,36,38-41,43-44,46-60H2,1-3H3/b10-7-,19-16-,21-18-,28-25-,32-31-,35-27-,37-34-,45-42-. The normalized spacial score (nSPS) is 12.8. The molecule has 1 unspecified atom stereocenters. The van der Waals surface area contributed by atoms with Gasteiger partial charge in [0.25, 0.3) is 0 Å². The van der Waals surface area contributed by atoms with E-state index in [4.69, 9.17) is 14.2 Å². The number of allylic oxidation sites excluding steroid dienone is 16. The molecule has 0 aromatic rings. The first kappa shape index (κ1) is 66.3. The Morgan fingerprint density at radius 2 is 0.557 bits per heavy atom. The number of hydrogen-bond donors (Lipinski definition) is 0. The van der Waals surface area contributed by atoms with Gasteiger partial charge in [-0.05, 0) is 103 Å². The molecular weight excluding hydrogens is 865 g/mol. The van der Waals surface area contributed by atoms with Crippen LogP contribution in [0.25, 0.3) is 0 Å². The first-order valence-corrected chi connectivity index (χ1v) is 29.2. The second-order valence-corrected chi connectivity index (χ2v) is 19.2. The molecule has 70 heavy (non-hydrogen) atoms. The lowest BCUT2D eigenvalue weighted by Crippen LogP contribution is -2.30. The van der Waals surface area contributed by atoms with Crippen molar-refractivity contribution < 1.29 is 28.6 Å². The molecule has 0 aliphatic rings. The number of esters is 3. The first-order valence-electron chi connectivity index (χ1n) is 29.2. The van der Waals surface area contributed by atoms with E-state index in [2.05, 4.69) is 118 Å². The van der Waals surface area contributed by atoms with Crippen molar-refractivity contribution in [3.8, 4) is 0 Å². The fraction of sp³-hybridized carbons (Fsp3) is 0.703. The Labute approximate surface area is 432 Å². The second kappa shape index (κ2) is 57.9. The van der Waals surface area contributed by atoms with Crippen molar-refractivity contribution in [2.45, 2.75) is 277 Å². The Morgan fingerprint density at radius 3 is 0.929 bits per heavy atom. The van der Waals surface area contributed by atoms with Crippen LogP contribution in [0.5, 0.6) is 0 Å².